The molecule has 29 heavy (non-hydrogen) atoms. The number of hydrogen-bond donors (Lipinski definition) is 0. The van der Waals surface area contributed by atoms with Gasteiger partial charge in [0.2, 0.25) is 5.82 Å². The van der Waals surface area contributed by atoms with Gasteiger partial charge in [-0.1, -0.05) is 42.5 Å². The van der Waals surface area contributed by atoms with E-state index in [0.29, 0.717) is 18.7 Å². The quantitative estimate of drug-likeness (QED) is 0.628. The number of carbonyl (C=O) groups excluding carboxylic acids is 1. The van der Waals surface area contributed by atoms with E-state index in [0.717, 1.165) is 16.9 Å². The second-order valence-corrected chi connectivity index (χ2v) is 6.34. The lowest BCUT2D eigenvalue weighted by Crippen LogP contribution is -2.38. The second-order valence-electron chi connectivity index (χ2n) is 6.34. The maximum atomic E-state index is 13.1. The van der Waals surface area contributed by atoms with Gasteiger partial charge in [0.05, 0.1) is 5.56 Å². The van der Waals surface area contributed by atoms with Gasteiger partial charge >= 0.3 is 6.18 Å². The number of alkyl halides is 3. The molecule has 0 radical (unpaired) electrons. The lowest BCUT2D eigenvalue weighted by Gasteiger charge is -2.24. The summed E-state index contributed by atoms with van der Waals surface area (Å²) >= 11 is 0. The summed E-state index contributed by atoms with van der Waals surface area (Å²) in [7, 11) is 0. The third-order valence-corrected chi connectivity index (χ3v) is 4.53. The standard InChI is InChI=1S/C20H20F3N5O/c1-3-27(4-2)19(29)17(14-9-6-5-7-10-14)28-25-18(24-26-28)15-11-8-12-16(13-15)20(21,22)23/h5-13,17H,3-4H2,1-2H3. The molecule has 0 aliphatic heterocycles. The molecule has 3 rings (SSSR count). The Balaban J connectivity index is 2.01. The average molecular weight is 403 g/mol. The summed E-state index contributed by atoms with van der Waals surface area (Å²) in [6.45, 7) is 4.75. The number of carbonyl (C=O) groups is 1. The minimum atomic E-state index is -4.47. The largest absolute Gasteiger partial charge is 0.416 e. The van der Waals surface area contributed by atoms with Crippen molar-refractivity contribution in [1.82, 2.24) is 25.1 Å². The van der Waals surface area contributed by atoms with E-state index >= 15 is 0 Å². The molecule has 0 spiro atoms. The highest BCUT2D eigenvalue weighted by atomic mass is 19.4. The molecule has 1 unspecified atom stereocenters. The summed E-state index contributed by atoms with van der Waals surface area (Å²) in [6.07, 6.45) is -4.47. The third-order valence-electron chi connectivity index (χ3n) is 4.53. The number of likely N-dealkylation sites (N-methyl/N-ethyl adjacent to an activating group) is 1. The predicted molar refractivity (Wildman–Crippen MR) is 101 cm³/mol. The van der Waals surface area contributed by atoms with Crippen LogP contribution in [0.25, 0.3) is 11.4 Å². The van der Waals surface area contributed by atoms with Crippen LogP contribution in [0.2, 0.25) is 0 Å². The molecule has 9 heteroatoms. The molecule has 152 valence electrons. The zero-order chi connectivity index (χ0) is 21.0. The van der Waals surface area contributed by atoms with E-state index in [9.17, 15) is 18.0 Å². The molecule has 0 bridgehead atoms. The molecular weight excluding hydrogens is 383 g/mol. The van der Waals surface area contributed by atoms with Gasteiger partial charge in [0.1, 0.15) is 0 Å². The number of rotatable bonds is 6. The van der Waals surface area contributed by atoms with Crippen LogP contribution in [-0.4, -0.2) is 44.1 Å². The van der Waals surface area contributed by atoms with Crippen molar-refractivity contribution in [2.75, 3.05) is 13.1 Å². The third kappa shape index (κ3) is 4.44. The fourth-order valence-corrected chi connectivity index (χ4v) is 3.00. The lowest BCUT2D eigenvalue weighted by molar-refractivity contribution is -0.137. The summed E-state index contributed by atoms with van der Waals surface area (Å²) in [6, 6.07) is 12.8. The molecule has 0 saturated heterocycles. The number of amides is 1. The molecule has 0 saturated carbocycles. The number of halogens is 3. The minimum Gasteiger partial charge on any atom is -0.341 e. The van der Waals surface area contributed by atoms with Gasteiger partial charge in [-0.15, -0.1) is 15.0 Å². The van der Waals surface area contributed by atoms with Gasteiger partial charge in [-0.2, -0.15) is 13.2 Å². The first-order valence-corrected chi connectivity index (χ1v) is 9.16. The van der Waals surface area contributed by atoms with Crippen molar-refractivity contribution in [1.29, 1.82) is 0 Å². The first-order valence-electron chi connectivity index (χ1n) is 9.16. The molecular formula is C20H20F3N5O. The zero-order valence-electron chi connectivity index (χ0n) is 16.0. The van der Waals surface area contributed by atoms with E-state index in [4.69, 9.17) is 0 Å². The Bertz CT molecular complexity index is 968. The molecule has 1 aromatic heterocycles. The Kier molecular flexibility index (Phi) is 5.95. The van der Waals surface area contributed by atoms with Gasteiger partial charge in [-0.05, 0) is 36.8 Å². The maximum Gasteiger partial charge on any atom is 0.416 e. The van der Waals surface area contributed by atoms with Gasteiger partial charge in [0, 0.05) is 18.7 Å². The van der Waals surface area contributed by atoms with Crippen molar-refractivity contribution in [3.8, 4) is 11.4 Å². The molecule has 6 nitrogen and oxygen atoms in total. The number of benzene rings is 2. The van der Waals surface area contributed by atoms with E-state index in [1.807, 2.05) is 19.9 Å². The summed E-state index contributed by atoms with van der Waals surface area (Å²) in [5.74, 6) is -0.196. The highest BCUT2D eigenvalue weighted by Gasteiger charge is 2.32. The van der Waals surface area contributed by atoms with Crippen molar-refractivity contribution in [2.24, 2.45) is 0 Å². The van der Waals surface area contributed by atoms with Crippen molar-refractivity contribution >= 4 is 5.91 Å². The van der Waals surface area contributed by atoms with Gasteiger partial charge in [-0.3, -0.25) is 4.79 Å². The number of tetrazole rings is 1. The zero-order valence-corrected chi connectivity index (χ0v) is 16.0. The van der Waals surface area contributed by atoms with Crippen LogP contribution in [0, 0.1) is 0 Å². The SMILES string of the molecule is CCN(CC)C(=O)C(c1ccccc1)n1nnc(-c2cccc(C(F)(F)F)c2)n1. The van der Waals surface area contributed by atoms with E-state index in [1.165, 1.54) is 12.1 Å². The van der Waals surface area contributed by atoms with Crippen LogP contribution >= 0.6 is 0 Å². The van der Waals surface area contributed by atoms with Crippen LogP contribution in [0.3, 0.4) is 0 Å². The van der Waals surface area contributed by atoms with Crippen molar-refractivity contribution in [3.63, 3.8) is 0 Å². The van der Waals surface area contributed by atoms with Crippen LogP contribution in [0.5, 0.6) is 0 Å². The van der Waals surface area contributed by atoms with E-state index in [-0.39, 0.29) is 17.3 Å². The molecule has 3 aromatic rings. The summed E-state index contributed by atoms with van der Waals surface area (Å²) in [5, 5.41) is 12.1. The smallest absolute Gasteiger partial charge is 0.341 e. The molecule has 0 aliphatic rings. The minimum absolute atomic E-state index is 0.0179. The van der Waals surface area contributed by atoms with Crippen LogP contribution in [-0.2, 0) is 11.0 Å². The fraction of sp³-hybridized carbons (Fsp3) is 0.300. The normalized spacial score (nSPS) is 12.6. The van der Waals surface area contributed by atoms with Crippen molar-refractivity contribution in [3.05, 3.63) is 65.7 Å². The highest BCUT2D eigenvalue weighted by molar-refractivity contribution is 5.83. The van der Waals surface area contributed by atoms with E-state index in [2.05, 4.69) is 15.4 Å². The molecule has 1 heterocycles. The Morgan fingerprint density at radius 2 is 1.76 bits per heavy atom. The molecule has 1 atom stereocenters. The van der Waals surface area contributed by atoms with Gasteiger partial charge in [0.25, 0.3) is 5.91 Å². The van der Waals surface area contributed by atoms with Gasteiger partial charge < -0.3 is 4.90 Å². The van der Waals surface area contributed by atoms with Crippen LogP contribution in [0.15, 0.2) is 54.6 Å². The predicted octanol–water partition coefficient (Wildman–Crippen LogP) is 3.82. The van der Waals surface area contributed by atoms with Crippen LogP contribution in [0.1, 0.15) is 31.0 Å². The first kappa shape index (κ1) is 20.5. The summed E-state index contributed by atoms with van der Waals surface area (Å²) in [4.78, 5) is 15.9. The number of aromatic nitrogens is 4. The van der Waals surface area contributed by atoms with Crippen LogP contribution < -0.4 is 0 Å². The first-order chi connectivity index (χ1) is 13.8. The van der Waals surface area contributed by atoms with Crippen molar-refractivity contribution in [2.45, 2.75) is 26.1 Å². The molecule has 0 fully saturated rings. The van der Waals surface area contributed by atoms with Crippen molar-refractivity contribution < 1.29 is 18.0 Å². The fourth-order valence-electron chi connectivity index (χ4n) is 3.00. The van der Waals surface area contributed by atoms with Gasteiger partial charge in [-0.25, -0.2) is 0 Å². The van der Waals surface area contributed by atoms with Crippen LogP contribution in [0.4, 0.5) is 13.2 Å². The Labute approximate surface area is 166 Å². The van der Waals surface area contributed by atoms with E-state index in [1.54, 1.807) is 29.2 Å². The lowest BCUT2D eigenvalue weighted by atomic mass is 10.1. The Morgan fingerprint density at radius 3 is 2.38 bits per heavy atom. The summed E-state index contributed by atoms with van der Waals surface area (Å²) in [5.41, 5.74) is 0.0377. The molecule has 0 aliphatic carbocycles. The number of hydrogen-bond acceptors (Lipinski definition) is 4. The van der Waals surface area contributed by atoms with E-state index < -0.39 is 17.8 Å². The second kappa shape index (κ2) is 8.42. The Hall–Kier alpha value is -3.23. The molecule has 1 amide bonds. The van der Waals surface area contributed by atoms with Gasteiger partial charge in [0.15, 0.2) is 6.04 Å². The topological polar surface area (TPSA) is 63.9 Å². The number of nitrogens with zero attached hydrogens (tertiary/aromatic N) is 5. The monoisotopic (exact) mass is 403 g/mol. The average Bonchev–Trinajstić information content (AvgIpc) is 3.19. The molecule has 2 aromatic carbocycles. The Morgan fingerprint density at radius 1 is 1.07 bits per heavy atom. The molecule has 0 N–H and O–H groups in total. The highest BCUT2D eigenvalue weighted by Crippen LogP contribution is 2.31. The maximum absolute atomic E-state index is 13.1. The summed E-state index contributed by atoms with van der Waals surface area (Å²) < 4.78 is 39.0.